The number of hydrogen-bond donors (Lipinski definition) is 0. The van der Waals surface area contributed by atoms with Crippen LogP contribution in [0.15, 0.2) is 48.5 Å². The Bertz CT molecular complexity index is 608. The molecular formula is C18H18FO2. The van der Waals surface area contributed by atoms with E-state index in [1.54, 1.807) is 19.1 Å². The van der Waals surface area contributed by atoms with E-state index in [1.165, 1.54) is 6.07 Å². The Morgan fingerprint density at radius 3 is 2.57 bits per heavy atom. The third-order valence-electron chi connectivity index (χ3n) is 3.32. The zero-order chi connectivity index (χ0) is 15.2. The molecule has 0 aliphatic carbocycles. The van der Waals surface area contributed by atoms with Gasteiger partial charge in [-0.1, -0.05) is 42.5 Å². The van der Waals surface area contributed by atoms with Crippen LogP contribution in [0.4, 0.5) is 4.39 Å². The maximum absolute atomic E-state index is 14.2. The molecule has 0 aliphatic rings. The van der Waals surface area contributed by atoms with Crippen molar-refractivity contribution in [1.29, 1.82) is 0 Å². The van der Waals surface area contributed by atoms with Crippen molar-refractivity contribution in [3.8, 4) is 11.1 Å². The Balaban J connectivity index is 2.21. The van der Waals surface area contributed by atoms with Crippen LogP contribution in [0.25, 0.3) is 11.1 Å². The van der Waals surface area contributed by atoms with Crippen LogP contribution in [0.1, 0.15) is 24.8 Å². The summed E-state index contributed by atoms with van der Waals surface area (Å²) in [5.74, 6) is -1.18. The lowest BCUT2D eigenvalue weighted by Crippen LogP contribution is -2.14. The predicted octanol–water partition coefficient (Wildman–Crippen LogP) is 4.36. The van der Waals surface area contributed by atoms with Gasteiger partial charge < -0.3 is 4.74 Å². The number of benzene rings is 2. The first-order valence-corrected chi connectivity index (χ1v) is 6.94. The smallest absolute Gasteiger partial charge is 0.313 e. The van der Waals surface area contributed by atoms with Gasteiger partial charge in [-0.2, -0.15) is 0 Å². The Morgan fingerprint density at radius 1 is 1.24 bits per heavy atom. The van der Waals surface area contributed by atoms with Gasteiger partial charge in [0.05, 0.1) is 12.5 Å². The van der Waals surface area contributed by atoms with E-state index < -0.39 is 5.92 Å². The van der Waals surface area contributed by atoms with E-state index >= 15 is 0 Å². The van der Waals surface area contributed by atoms with Crippen molar-refractivity contribution in [3.05, 3.63) is 66.8 Å². The van der Waals surface area contributed by atoms with Crippen LogP contribution in [-0.2, 0) is 9.53 Å². The van der Waals surface area contributed by atoms with Crippen molar-refractivity contribution in [2.75, 3.05) is 6.61 Å². The van der Waals surface area contributed by atoms with Gasteiger partial charge in [-0.3, -0.25) is 4.79 Å². The minimum atomic E-state index is -0.490. The molecule has 0 spiro atoms. The van der Waals surface area contributed by atoms with Crippen LogP contribution >= 0.6 is 0 Å². The molecule has 0 fully saturated rings. The first-order valence-electron chi connectivity index (χ1n) is 6.94. The van der Waals surface area contributed by atoms with E-state index in [0.29, 0.717) is 17.5 Å². The van der Waals surface area contributed by atoms with Crippen molar-refractivity contribution in [1.82, 2.24) is 0 Å². The molecule has 2 aromatic carbocycles. The molecule has 0 bridgehead atoms. The summed E-state index contributed by atoms with van der Waals surface area (Å²) >= 11 is 0. The van der Waals surface area contributed by atoms with E-state index in [4.69, 9.17) is 4.74 Å². The summed E-state index contributed by atoms with van der Waals surface area (Å²) in [4.78, 5) is 11.8. The van der Waals surface area contributed by atoms with Crippen molar-refractivity contribution < 1.29 is 13.9 Å². The molecule has 0 saturated heterocycles. The minimum Gasteiger partial charge on any atom is -0.465 e. The van der Waals surface area contributed by atoms with Gasteiger partial charge >= 0.3 is 5.97 Å². The SMILES string of the molecule is [CH2]CCOC(=O)C(C)c1ccc(-c2ccccc2)c(F)c1. The van der Waals surface area contributed by atoms with Crippen LogP contribution in [0.3, 0.4) is 0 Å². The molecule has 0 aromatic heterocycles. The van der Waals surface area contributed by atoms with Gasteiger partial charge in [-0.05, 0) is 37.5 Å². The van der Waals surface area contributed by atoms with Gasteiger partial charge in [0.2, 0.25) is 0 Å². The van der Waals surface area contributed by atoms with E-state index in [-0.39, 0.29) is 18.4 Å². The van der Waals surface area contributed by atoms with Crippen LogP contribution in [0.5, 0.6) is 0 Å². The summed E-state index contributed by atoms with van der Waals surface area (Å²) in [6.07, 6.45) is 0.528. The highest BCUT2D eigenvalue weighted by Crippen LogP contribution is 2.26. The molecule has 0 saturated carbocycles. The molecule has 21 heavy (non-hydrogen) atoms. The second-order valence-electron chi connectivity index (χ2n) is 4.85. The Labute approximate surface area is 124 Å². The molecular weight excluding hydrogens is 267 g/mol. The Hall–Kier alpha value is -2.16. The largest absolute Gasteiger partial charge is 0.465 e. The number of carbonyl (C=O) groups excluding carboxylic acids is 1. The van der Waals surface area contributed by atoms with E-state index in [2.05, 4.69) is 6.92 Å². The van der Waals surface area contributed by atoms with Gasteiger partial charge in [0, 0.05) is 5.56 Å². The maximum Gasteiger partial charge on any atom is 0.313 e. The molecule has 3 heteroatoms. The van der Waals surface area contributed by atoms with Crippen LogP contribution in [-0.4, -0.2) is 12.6 Å². The van der Waals surface area contributed by atoms with Crippen molar-refractivity contribution >= 4 is 5.97 Å². The minimum absolute atomic E-state index is 0.285. The zero-order valence-electron chi connectivity index (χ0n) is 12.0. The third kappa shape index (κ3) is 3.69. The van der Waals surface area contributed by atoms with Crippen LogP contribution in [0.2, 0.25) is 0 Å². The molecule has 0 aliphatic heterocycles. The molecule has 0 N–H and O–H groups in total. The van der Waals surface area contributed by atoms with Gasteiger partial charge in [0.25, 0.3) is 0 Å². The van der Waals surface area contributed by atoms with Crippen LogP contribution < -0.4 is 0 Å². The van der Waals surface area contributed by atoms with Gasteiger partial charge in [-0.25, -0.2) is 4.39 Å². The highest BCUT2D eigenvalue weighted by atomic mass is 19.1. The third-order valence-corrected chi connectivity index (χ3v) is 3.32. The molecule has 2 rings (SSSR count). The second-order valence-corrected chi connectivity index (χ2v) is 4.85. The van der Waals surface area contributed by atoms with Gasteiger partial charge in [0.1, 0.15) is 5.82 Å². The second kappa shape index (κ2) is 7.02. The Kier molecular flexibility index (Phi) is 5.09. The van der Waals surface area contributed by atoms with E-state index in [0.717, 1.165) is 5.56 Å². The quantitative estimate of drug-likeness (QED) is 0.763. The molecule has 1 unspecified atom stereocenters. The molecule has 0 amide bonds. The lowest BCUT2D eigenvalue weighted by Gasteiger charge is -2.13. The fourth-order valence-corrected chi connectivity index (χ4v) is 2.09. The number of ether oxygens (including phenoxy) is 1. The van der Waals surface area contributed by atoms with Crippen molar-refractivity contribution in [2.45, 2.75) is 19.3 Å². The first-order chi connectivity index (χ1) is 10.1. The highest BCUT2D eigenvalue weighted by Gasteiger charge is 2.18. The molecule has 2 nitrogen and oxygen atoms in total. The van der Waals surface area contributed by atoms with E-state index in [1.807, 2.05) is 30.3 Å². The van der Waals surface area contributed by atoms with Crippen molar-refractivity contribution in [2.24, 2.45) is 0 Å². The average molecular weight is 285 g/mol. The lowest BCUT2D eigenvalue weighted by atomic mass is 9.97. The molecule has 2 aromatic rings. The number of rotatable bonds is 5. The number of carbonyl (C=O) groups is 1. The van der Waals surface area contributed by atoms with Gasteiger partial charge in [0.15, 0.2) is 0 Å². The maximum atomic E-state index is 14.2. The van der Waals surface area contributed by atoms with Gasteiger partial charge in [-0.15, -0.1) is 0 Å². The first kappa shape index (κ1) is 15.2. The molecule has 1 radical (unpaired) electrons. The zero-order valence-corrected chi connectivity index (χ0v) is 12.0. The van der Waals surface area contributed by atoms with Crippen LogP contribution in [0, 0.1) is 12.7 Å². The number of halogens is 1. The van der Waals surface area contributed by atoms with Crippen molar-refractivity contribution in [3.63, 3.8) is 0 Å². The monoisotopic (exact) mass is 285 g/mol. The fourth-order valence-electron chi connectivity index (χ4n) is 2.09. The lowest BCUT2D eigenvalue weighted by molar-refractivity contribution is -0.144. The summed E-state index contributed by atoms with van der Waals surface area (Å²) in [5.41, 5.74) is 1.95. The predicted molar refractivity (Wildman–Crippen MR) is 81.2 cm³/mol. The Morgan fingerprint density at radius 2 is 1.95 bits per heavy atom. The molecule has 109 valence electrons. The summed E-state index contributed by atoms with van der Waals surface area (Å²) in [6, 6.07) is 14.2. The van der Waals surface area contributed by atoms with E-state index in [9.17, 15) is 9.18 Å². The topological polar surface area (TPSA) is 26.3 Å². The number of esters is 1. The molecule has 0 heterocycles. The summed E-state index contributed by atoms with van der Waals surface area (Å²) < 4.78 is 19.3. The standard InChI is InChI=1S/C18H18FO2/c1-3-11-21-18(20)13(2)15-9-10-16(17(19)12-15)14-7-5-4-6-8-14/h4-10,12-13H,1,3,11H2,2H3. The summed E-state index contributed by atoms with van der Waals surface area (Å²) in [6.45, 7) is 5.61. The molecule has 1 atom stereocenters. The summed E-state index contributed by atoms with van der Waals surface area (Å²) in [5, 5.41) is 0. The highest BCUT2D eigenvalue weighted by molar-refractivity contribution is 5.78. The summed E-state index contributed by atoms with van der Waals surface area (Å²) in [7, 11) is 0. The average Bonchev–Trinajstić information content (AvgIpc) is 2.52. The normalized spacial score (nSPS) is 12.0. The number of hydrogen-bond acceptors (Lipinski definition) is 2. The fraction of sp³-hybridized carbons (Fsp3) is 0.222.